The van der Waals surface area contributed by atoms with E-state index >= 15 is 0 Å². The Balaban J connectivity index is 2.42. The van der Waals surface area contributed by atoms with Gasteiger partial charge in [0.1, 0.15) is 5.75 Å². The maximum absolute atomic E-state index is 12.0. The molecule has 0 atom stereocenters. The van der Waals surface area contributed by atoms with E-state index in [0.717, 1.165) is 15.5 Å². The van der Waals surface area contributed by atoms with Gasteiger partial charge in [-0.2, -0.15) is 0 Å². The molecule has 0 saturated carbocycles. The minimum atomic E-state index is -0.274. The lowest BCUT2D eigenvalue weighted by Gasteiger charge is -2.05. The number of phenolic OH excluding ortho intramolecular Hbond substituents is 1. The van der Waals surface area contributed by atoms with Crippen LogP contribution in [0.3, 0.4) is 0 Å². The molecule has 1 aromatic heterocycles. The second kappa shape index (κ2) is 4.03. The summed E-state index contributed by atoms with van der Waals surface area (Å²) in [5, 5.41) is 9.85. The smallest absolute Gasteiger partial charge is 0.331 e. The Bertz CT molecular complexity index is 789. The van der Waals surface area contributed by atoms with Crippen LogP contribution in [-0.2, 0) is 0 Å². The Labute approximate surface area is 111 Å². The molecule has 0 aliphatic carbocycles. The van der Waals surface area contributed by atoms with E-state index in [-0.39, 0.29) is 11.4 Å². The fraction of sp³-hybridized carbons (Fsp3) is 0. The Morgan fingerprint density at radius 2 is 1.94 bits per heavy atom. The fourth-order valence-electron chi connectivity index (χ4n) is 1.97. The molecule has 2 N–H and O–H groups in total. The molecule has 4 nitrogen and oxygen atoms in total. The highest BCUT2D eigenvalue weighted by Crippen LogP contribution is 2.24. The van der Waals surface area contributed by atoms with Crippen molar-refractivity contribution in [1.29, 1.82) is 0 Å². The number of para-hydroxylation sites is 2. The van der Waals surface area contributed by atoms with E-state index in [1.165, 1.54) is 4.57 Å². The van der Waals surface area contributed by atoms with Crippen molar-refractivity contribution in [2.75, 3.05) is 0 Å². The van der Waals surface area contributed by atoms with Crippen LogP contribution in [0.2, 0.25) is 0 Å². The third kappa shape index (κ3) is 1.64. The molecular formula is C13H9BrN2O2. The molecule has 0 saturated heterocycles. The number of aromatic nitrogens is 2. The number of nitrogens with zero attached hydrogens (tertiary/aromatic N) is 1. The van der Waals surface area contributed by atoms with Crippen molar-refractivity contribution >= 4 is 27.0 Å². The number of H-pyrrole nitrogens is 1. The summed E-state index contributed by atoms with van der Waals surface area (Å²) in [7, 11) is 0. The first-order chi connectivity index (χ1) is 8.66. The second-order valence-electron chi connectivity index (χ2n) is 3.92. The molecule has 0 unspecified atom stereocenters. The van der Waals surface area contributed by atoms with Gasteiger partial charge in [0.2, 0.25) is 0 Å². The van der Waals surface area contributed by atoms with Crippen LogP contribution in [0.25, 0.3) is 16.7 Å². The first-order valence-corrected chi connectivity index (χ1v) is 6.15. The molecule has 3 aromatic rings. The van der Waals surface area contributed by atoms with Crippen molar-refractivity contribution in [2.24, 2.45) is 0 Å². The number of aromatic amines is 1. The number of nitrogens with one attached hydrogen (secondary N) is 1. The third-order valence-electron chi connectivity index (χ3n) is 2.77. The van der Waals surface area contributed by atoms with Crippen LogP contribution in [-0.4, -0.2) is 14.7 Å². The Morgan fingerprint density at radius 3 is 2.72 bits per heavy atom. The number of hydrogen-bond acceptors (Lipinski definition) is 2. The highest BCUT2D eigenvalue weighted by molar-refractivity contribution is 9.10. The summed E-state index contributed by atoms with van der Waals surface area (Å²) in [5.74, 6) is 0.0699. The number of rotatable bonds is 1. The lowest BCUT2D eigenvalue weighted by molar-refractivity contribution is 0.472. The van der Waals surface area contributed by atoms with Crippen molar-refractivity contribution in [1.82, 2.24) is 9.55 Å². The van der Waals surface area contributed by atoms with E-state index in [2.05, 4.69) is 20.9 Å². The van der Waals surface area contributed by atoms with Gasteiger partial charge in [-0.15, -0.1) is 0 Å². The maximum Gasteiger partial charge on any atom is 0.331 e. The van der Waals surface area contributed by atoms with Crippen molar-refractivity contribution < 1.29 is 5.11 Å². The van der Waals surface area contributed by atoms with Crippen LogP contribution in [0.15, 0.2) is 51.7 Å². The van der Waals surface area contributed by atoms with Gasteiger partial charge < -0.3 is 10.1 Å². The first kappa shape index (κ1) is 11.1. The minimum Gasteiger partial charge on any atom is -0.506 e. The van der Waals surface area contributed by atoms with E-state index in [1.807, 2.05) is 18.2 Å². The molecule has 0 spiro atoms. The average molecular weight is 305 g/mol. The topological polar surface area (TPSA) is 58.0 Å². The van der Waals surface area contributed by atoms with Gasteiger partial charge in [0, 0.05) is 4.47 Å². The second-order valence-corrected chi connectivity index (χ2v) is 4.83. The van der Waals surface area contributed by atoms with Gasteiger partial charge in [-0.25, -0.2) is 4.79 Å². The van der Waals surface area contributed by atoms with Crippen LogP contribution in [0, 0.1) is 0 Å². The van der Waals surface area contributed by atoms with Crippen molar-refractivity contribution in [3.63, 3.8) is 0 Å². The lowest BCUT2D eigenvalue weighted by Crippen LogP contribution is -2.14. The lowest BCUT2D eigenvalue weighted by atomic mass is 10.2. The summed E-state index contributed by atoms with van der Waals surface area (Å²) < 4.78 is 2.33. The van der Waals surface area contributed by atoms with Crippen LogP contribution >= 0.6 is 15.9 Å². The molecule has 0 radical (unpaired) electrons. The molecule has 0 bridgehead atoms. The summed E-state index contributed by atoms with van der Waals surface area (Å²) in [5.41, 5.74) is 1.64. The number of fused-ring (bicyclic) bond motifs is 1. The zero-order chi connectivity index (χ0) is 12.7. The predicted molar refractivity (Wildman–Crippen MR) is 73.3 cm³/mol. The minimum absolute atomic E-state index is 0.0699. The zero-order valence-electron chi connectivity index (χ0n) is 9.22. The number of aromatic hydroxyl groups is 1. The molecule has 5 heteroatoms. The molecule has 0 aliphatic heterocycles. The van der Waals surface area contributed by atoms with Crippen LogP contribution in [0.1, 0.15) is 0 Å². The standard InChI is InChI=1S/C13H9BrN2O2/c14-8-5-6-9-11(7-8)16(13(18)15-9)10-3-1-2-4-12(10)17/h1-7,17H,(H,15,18). The molecule has 3 rings (SSSR count). The molecule has 1 heterocycles. The summed E-state index contributed by atoms with van der Waals surface area (Å²) >= 11 is 3.38. The van der Waals surface area contributed by atoms with E-state index in [9.17, 15) is 9.90 Å². The van der Waals surface area contributed by atoms with Crippen molar-refractivity contribution in [2.45, 2.75) is 0 Å². The van der Waals surface area contributed by atoms with Gasteiger partial charge in [-0.05, 0) is 30.3 Å². The number of imidazole rings is 1. The molecule has 18 heavy (non-hydrogen) atoms. The zero-order valence-corrected chi connectivity index (χ0v) is 10.8. The normalized spacial score (nSPS) is 10.9. The summed E-state index contributed by atoms with van der Waals surface area (Å²) in [6.07, 6.45) is 0. The van der Waals surface area contributed by atoms with Gasteiger partial charge >= 0.3 is 5.69 Å². The first-order valence-electron chi connectivity index (χ1n) is 5.35. The Morgan fingerprint density at radius 1 is 1.17 bits per heavy atom. The van der Waals surface area contributed by atoms with Gasteiger partial charge in [-0.3, -0.25) is 4.57 Å². The van der Waals surface area contributed by atoms with Gasteiger partial charge in [-0.1, -0.05) is 28.1 Å². The van der Waals surface area contributed by atoms with Crippen molar-refractivity contribution in [3.05, 3.63) is 57.4 Å². The monoisotopic (exact) mass is 304 g/mol. The van der Waals surface area contributed by atoms with Gasteiger partial charge in [0.25, 0.3) is 0 Å². The Hall–Kier alpha value is -2.01. The predicted octanol–water partition coefficient (Wildman–Crippen LogP) is 2.79. The fourth-order valence-corrected chi connectivity index (χ4v) is 2.32. The SMILES string of the molecule is O=c1[nH]c2ccc(Br)cc2n1-c1ccccc1O. The summed E-state index contributed by atoms with van der Waals surface area (Å²) in [4.78, 5) is 14.7. The quantitative estimate of drug-likeness (QED) is 0.726. The van der Waals surface area contributed by atoms with Crippen LogP contribution in [0.4, 0.5) is 0 Å². The molecule has 2 aromatic carbocycles. The maximum atomic E-state index is 12.0. The number of hydrogen-bond donors (Lipinski definition) is 2. The van der Waals surface area contributed by atoms with E-state index < -0.39 is 0 Å². The highest BCUT2D eigenvalue weighted by Gasteiger charge is 2.11. The van der Waals surface area contributed by atoms with E-state index in [0.29, 0.717) is 5.69 Å². The van der Waals surface area contributed by atoms with Crippen LogP contribution < -0.4 is 5.69 Å². The van der Waals surface area contributed by atoms with E-state index in [1.54, 1.807) is 24.3 Å². The molecule has 0 amide bonds. The van der Waals surface area contributed by atoms with Crippen molar-refractivity contribution in [3.8, 4) is 11.4 Å². The number of halogens is 1. The highest BCUT2D eigenvalue weighted by atomic mass is 79.9. The third-order valence-corrected chi connectivity index (χ3v) is 3.26. The summed E-state index contributed by atoms with van der Waals surface area (Å²) in [6, 6.07) is 12.3. The molecule has 0 fully saturated rings. The average Bonchev–Trinajstić information content (AvgIpc) is 2.66. The largest absolute Gasteiger partial charge is 0.506 e. The molecule has 90 valence electrons. The van der Waals surface area contributed by atoms with Crippen LogP contribution in [0.5, 0.6) is 5.75 Å². The van der Waals surface area contributed by atoms with E-state index in [4.69, 9.17) is 0 Å². The Kier molecular flexibility index (Phi) is 2.48. The molecular weight excluding hydrogens is 296 g/mol. The number of phenols is 1. The summed E-state index contributed by atoms with van der Waals surface area (Å²) in [6.45, 7) is 0. The number of benzene rings is 2. The molecule has 0 aliphatic rings. The van der Waals surface area contributed by atoms with Gasteiger partial charge in [0.05, 0.1) is 16.7 Å². The van der Waals surface area contributed by atoms with Gasteiger partial charge in [0.15, 0.2) is 0 Å².